The average Bonchev–Trinajstić information content (AvgIpc) is 2.94. The van der Waals surface area contributed by atoms with E-state index in [1.54, 1.807) is 0 Å². The van der Waals surface area contributed by atoms with E-state index < -0.39 is 0 Å². The molecule has 0 aromatic carbocycles. The van der Waals surface area contributed by atoms with Crippen LogP contribution >= 0.6 is 0 Å². The Morgan fingerprint density at radius 2 is 2.38 bits per heavy atom. The molecule has 1 aliphatic carbocycles. The maximum absolute atomic E-state index is 5.68. The van der Waals surface area contributed by atoms with Crippen LogP contribution in [0.25, 0.3) is 0 Å². The van der Waals surface area contributed by atoms with E-state index in [2.05, 4.69) is 12.0 Å². The maximum Gasteiger partial charge on any atom is 0.0772 e. The van der Waals surface area contributed by atoms with Gasteiger partial charge in [-0.15, -0.1) is 6.58 Å². The van der Waals surface area contributed by atoms with Crippen LogP contribution in [0.3, 0.4) is 0 Å². The minimum absolute atomic E-state index is 0.227. The van der Waals surface area contributed by atoms with E-state index in [0.29, 0.717) is 5.92 Å². The van der Waals surface area contributed by atoms with Crippen LogP contribution in [0.15, 0.2) is 12.7 Å². The maximum atomic E-state index is 5.68. The molecule has 0 aromatic rings. The van der Waals surface area contributed by atoms with Crippen LogP contribution in [0.4, 0.5) is 0 Å². The van der Waals surface area contributed by atoms with Crippen LogP contribution in [0.5, 0.6) is 0 Å². The molecule has 0 radical (unpaired) electrons. The molecule has 3 heteroatoms. The van der Waals surface area contributed by atoms with E-state index >= 15 is 0 Å². The molecular weight excluding hydrogens is 164 g/mol. The first-order valence-corrected chi connectivity index (χ1v) is 5.02. The van der Waals surface area contributed by atoms with Crippen molar-refractivity contribution in [2.75, 3.05) is 6.61 Å². The molecule has 2 atom stereocenters. The highest BCUT2D eigenvalue weighted by atomic mass is 16.5. The van der Waals surface area contributed by atoms with Crippen molar-refractivity contribution in [2.24, 2.45) is 11.8 Å². The molecule has 76 valence electrons. The summed E-state index contributed by atoms with van der Waals surface area (Å²) in [6, 6.07) is 0.227. The number of ether oxygens (including phenoxy) is 1. The summed E-state index contributed by atoms with van der Waals surface area (Å²) in [7, 11) is 0. The standard InChI is InChI=1S/C10H20N2O/c1-3-5-9(12-11)10(13-4-2)8-6-7-8/h3,8-10,12H,1,4-7,11H2,2H3. The number of nitrogens with one attached hydrogen (secondary N) is 1. The molecule has 1 fully saturated rings. The van der Waals surface area contributed by atoms with Gasteiger partial charge in [0.2, 0.25) is 0 Å². The first-order chi connectivity index (χ1) is 6.33. The second-order valence-corrected chi connectivity index (χ2v) is 3.55. The minimum atomic E-state index is 0.227. The van der Waals surface area contributed by atoms with Gasteiger partial charge in [0.15, 0.2) is 0 Å². The third-order valence-corrected chi connectivity index (χ3v) is 2.48. The van der Waals surface area contributed by atoms with Crippen LogP contribution in [0.2, 0.25) is 0 Å². The highest BCUT2D eigenvalue weighted by molar-refractivity contribution is 4.92. The Balaban J connectivity index is 2.43. The van der Waals surface area contributed by atoms with Gasteiger partial charge in [-0.2, -0.15) is 0 Å². The Labute approximate surface area is 80.3 Å². The van der Waals surface area contributed by atoms with E-state index in [0.717, 1.165) is 13.0 Å². The van der Waals surface area contributed by atoms with Crippen molar-refractivity contribution in [1.82, 2.24) is 5.43 Å². The third kappa shape index (κ3) is 3.10. The van der Waals surface area contributed by atoms with E-state index in [9.17, 15) is 0 Å². The number of rotatable bonds is 7. The van der Waals surface area contributed by atoms with Gasteiger partial charge in [-0.25, -0.2) is 0 Å². The fraction of sp³-hybridized carbons (Fsp3) is 0.800. The zero-order chi connectivity index (χ0) is 9.68. The van der Waals surface area contributed by atoms with Gasteiger partial charge in [-0.05, 0) is 32.1 Å². The Morgan fingerprint density at radius 1 is 1.69 bits per heavy atom. The molecule has 0 bridgehead atoms. The molecule has 0 amide bonds. The molecule has 2 unspecified atom stereocenters. The van der Waals surface area contributed by atoms with E-state index in [4.69, 9.17) is 10.6 Å². The van der Waals surface area contributed by atoms with Crippen LogP contribution < -0.4 is 11.3 Å². The molecule has 1 rings (SSSR count). The Hall–Kier alpha value is -0.380. The predicted molar refractivity (Wildman–Crippen MR) is 54.1 cm³/mol. The molecule has 3 N–H and O–H groups in total. The van der Waals surface area contributed by atoms with Crippen molar-refractivity contribution < 1.29 is 4.74 Å². The quantitative estimate of drug-likeness (QED) is 0.355. The van der Waals surface area contributed by atoms with Crippen LogP contribution in [0.1, 0.15) is 26.2 Å². The lowest BCUT2D eigenvalue weighted by molar-refractivity contribution is 0.0199. The highest BCUT2D eigenvalue weighted by Gasteiger charge is 2.36. The lowest BCUT2D eigenvalue weighted by Gasteiger charge is -2.25. The third-order valence-electron chi connectivity index (χ3n) is 2.48. The van der Waals surface area contributed by atoms with Crippen molar-refractivity contribution in [3.05, 3.63) is 12.7 Å². The fourth-order valence-electron chi connectivity index (χ4n) is 1.67. The summed E-state index contributed by atoms with van der Waals surface area (Å²) in [5.74, 6) is 6.19. The van der Waals surface area contributed by atoms with Crippen molar-refractivity contribution in [3.8, 4) is 0 Å². The second kappa shape index (κ2) is 5.37. The number of hydrogen-bond acceptors (Lipinski definition) is 3. The summed E-state index contributed by atoms with van der Waals surface area (Å²) >= 11 is 0. The van der Waals surface area contributed by atoms with E-state index in [-0.39, 0.29) is 12.1 Å². The largest absolute Gasteiger partial charge is 0.377 e. The van der Waals surface area contributed by atoms with Gasteiger partial charge in [0.1, 0.15) is 0 Å². The number of hydrogen-bond donors (Lipinski definition) is 2. The fourth-order valence-corrected chi connectivity index (χ4v) is 1.67. The van der Waals surface area contributed by atoms with Crippen molar-refractivity contribution >= 4 is 0 Å². The SMILES string of the molecule is C=CCC(NN)C(OCC)C1CC1. The zero-order valence-electron chi connectivity index (χ0n) is 8.33. The number of hydrazine groups is 1. The van der Waals surface area contributed by atoms with Crippen LogP contribution in [-0.2, 0) is 4.74 Å². The monoisotopic (exact) mass is 184 g/mol. The molecule has 1 aliphatic rings. The Morgan fingerprint density at radius 3 is 2.77 bits per heavy atom. The first-order valence-electron chi connectivity index (χ1n) is 5.02. The first kappa shape index (κ1) is 10.7. The summed E-state index contributed by atoms with van der Waals surface area (Å²) in [5.41, 5.74) is 2.81. The topological polar surface area (TPSA) is 47.3 Å². The van der Waals surface area contributed by atoms with Gasteiger partial charge in [-0.3, -0.25) is 11.3 Å². The summed E-state index contributed by atoms with van der Waals surface area (Å²) in [5, 5.41) is 0. The average molecular weight is 184 g/mol. The van der Waals surface area contributed by atoms with Gasteiger partial charge in [0, 0.05) is 6.61 Å². The molecule has 0 aromatic heterocycles. The molecule has 13 heavy (non-hydrogen) atoms. The number of nitrogens with two attached hydrogens (primary N) is 1. The summed E-state index contributed by atoms with van der Waals surface area (Å²) < 4.78 is 5.68. The summed E-state index contributed by atoms with van der Waals surface area (Å²) in [6.07, 6.45) is 5.59. The molecule has 0 saturated heterocycles. The van der Waals surface area contributed by atoms with Crippen LogP contribution in [0, 0.1) is 5.92 Å². The molecular formula is C10H20N2O. The van der Waals surface area contributed by atoms with E-state index in [1.807, 2.05) is 13.0 Å². The minimum Gasteiger partial charge on any atom is -0.377 e. The molecule has 1 saturated carbocycles. The van der Waals surface area contributed by atoms with Crippen molar-refractivity contribution in [2.45, 2.75) is 38.3 Å². The van der Waals surface area contributed by atoms with Crippen LogP contribution in [-0.4, -0.2) is 18.8 Å². The Kier molecular flexibility index (Phi) is 4.42. The molecule has 0 aliphatic heterocycles. The van der Waals surface area contributed by atoms with Crippen molar-refractivity contribution in [1.29, 1.82) is 0 Å². The van der Waals surface area contributed by atoms with Gasteiger partial charge < -0.3 is 4.74 Å². The van der Waals surface area contributed by atoms with E-state index in [1.165, 1.54) is 12.8 Å². The van der Waals surface area contributed by atoms with Gasteiger partial charge in [0.05, 0.1) is 12.1 Å². The second-order valence-electron chi connectivity index (χ2n) is 3.55. The molecule has 3 nitrogen and oxygen atoms in total. The smallest absolute Gasteiger partial charge is 0.0772 e. The predicted octanol–water partition coefficient (Wildman–Crippen LogP) is 1.21. The lowest BCUT2D eigenvalue weighted by atomic mass is 10.0. The molecule has 0 spiro atoms. The normalized spacial score (nSPS) is 21.1. The van der Waals surface area contributed by atoms with Gasteiger partial charge >= 0.3 is 0 Å². The molecule has 0 heterocycles. The van der Waals surface area contributed by atoms with Gasteiger partial charge in [-0.1, -0.05) is 6.08 Å². The van der Waals surface area contributed by atoms with Crippen molar-refractivity contribution in [3.63, 3.8) is 0 Å². The highest BCUT2D eigenvalue weighted by Crippen LogP contribution is 2.36. The summed E-state index contributed by atoms with van der Waals surface area (Å²) in [4.78, 5) is 0. The summed E-state index contributed by atoms with van der Waals surface area (Å²) in [6.45, 7) is 6.50. The zero-order valence-corrected chi connectivity index (χ0v) is 8.33. The lowest BCUT2D eigenvalue weighted by Crippen LogP contribution is -2.46. The van der Waals surface area contributed by atoms with Gasteiger partial charge in [0.25, 0.3) is 0 Å². The Bertz CT molecular complexity index is 157.